The fourth-order valence-corrected chi connectivity index (χ4v) is 4.37. The van der Waals surface area contributed by atoms with Crippen LogP contribution in [0.2, 0.25) is 5.02 Å². The van der Waals surface area contributed by atoms with Crippen molar-refractivity contribution in [2.45, 2.75) is 31.4 Å². The summed E-state index contributed by atoms with van der Waals surface area (Å²) in [5.74, 6) is -0.434. The van der Waals surface area contributed by atoms with Gasteiger partial charge in [-0.2, -0.15) is 0 Å². The maximum atomic E-state index is 11.3. The number of ether oxygens (including phenoxy) is 1. The Labute approximate surface area is 204 Å². The van der Waals surface area contributed by atoms with Crippen molar-refractivity contribution < 1.29 is 19.7 Å². The number of aliphatic hydroxyl groups excluding tert-OH is 1. The van der Waals surface area contributed by atoms with Crippen molar-refractivity contribution >= 4 is 30.0 Å². The number of nitrogens with one attached hydrogen (secondary N) is 1. The summed E-state index contributed by atoms with van der Waals surface area (Å²) in [6.07, 6.45) is 2.26. The largest absolute Gasteiger partial charge is 0.496 e. The molecule has 3 N–H and O–H groups in total. The highest BCUT2D eigenvalue weighted by Gasteiger charge is 2.21. The van der Waals surface area contributed by atoms with Gasteiger partial charge in [-0.15, -0.1) is 12.4 Å². The topological polar surface area (TPSA) is 78.8 Å². The van der Waals surface area contributed by atoms with Gasteiger partial charge in [0, 0.05) is 23.2 Å². The van der Waals surface area contributed by atoms with Gasteiger partial charge in [-0.3, -0.25) is 0 Å². The number of methoxy groups -OCH3 is 1. The lowest BCUT2D eigenvalue weighted by Gasteiger charge is -2.27. The molecule has 0 bridgehead atoms. The lowest BCUT2D eigenvalue weighted by molar-refractivity contribution is 0.0696. The van der Waals surface area contributed by atoms with E-state index in [0.717, 1.165) is 36.0 Å². The molecular weight excluding hydrogens is 461 g/mol. The fraction of sp³-hybridized carbons (Fsp3) is 0.269. The quantitative estimate of drug-likeness (QED) is 0.420. The first-order valence-corrected chi connectivity index (χ1v) is 11.0. The minimum atomic E-state index is -0.977. The number of aryl methyl sites for hydroxylation is 1. The Morgan fingerprint density at radius 2 is 1.88 bits per heavy atom. The maximum absolute atomic E-state index is 11.3. The van der Waals surface area contributed by atoms with Crippen LogP contribution in [0, 0.1) is 0 Å². The molecule has 0 spiro atoms. The number of aliphatic hydroxyl groups is 1. The molecule has 3 aromatic rings. The summed E-state index contributed by atoms with van der Waals surface area (Å²) in [7, 11) is 1.55. The lowest BCUT2D eigenvalue weighted by atomic mass is 9.86. The molecule has 0 amide bonds. The van der Waals surface area contributed by atoms with Crippen molar-refractivity contribution in [3.05, 3.63) is 87.9 Å². The fourth-order valence-electron chi connectivity index (χ4n) is 4.24. The number of carbonyl (C=O) groups is 1. The number of aromatic carboxylic acids is 1. The lowest BCUT2D eigenvalue weighted by Crippen LogP contribution is -2.37. The zero-order chi connectivity index (χ0) is 22.7. The van der Waals surface area contributed by atoms with Crippen molar-refractivity contribution in [1.82, 2.24) is 5.32 Å². The summed E-state index contributed by atoms with van der Waals surface area (Å²) in [4.78, 5) is 11.3. The molecule has 0 unspecified atom stereocenters. The third-order valence-corrected chi connectivity index (χ3v) is 6.30. The number of benzene rings is 3. The van der Waals surface area contributed by atoms with E-state index in [0.29, 0.717) is 17.3 Å². The summed E-state index contributed by atoms with van der Waals surface area (Å²) in [5, 5.41) is 23.9. The molecule has 33 heavy (non-hydrogen) atoms. The molecule has 7 heteroatoms. The molecule has 174 valence electrons. The number of hydrogen-bond donors (Lipinski definition) is 3. The van der Waals surface area contributed by atoms with Crippen LogP contribution in [0.1, 0.15) is 39.6 Å². The standard InChI is InChI=1S/C26H26ClNO4.ClH/c1-32-25-14-19(26(30)31)7-11-23(25)18-3-2-16-6-10-22(13-20(16)12-18)28-15-24(29)17-4-8-21(27)9-5-17;/h2-5,7-9,11-12,14,22,24,28-29H,6,10,13,15H2,1H3,(H,30,31);1H/t22-,24+;/m0./s1. The van der Waals surface area contributed by atoms with E-state index in [1.54, 1.807) is 37.4 Å². The zero-order valence-electron chi connectivity index (χ0n) is 18.3. The van der Waals surface area contributed by atoms with Crippen LogP contribution in [0.3, 0.4) is 0 Å². The molecule has 0 aliphatic heterocycles. The highest BCUT2D eigenvalue weighted by atomic mass is 35.5. The molecular formula is C26H27Cl2NO4. The predicted octanol–water partition coefficient (Wildman–Crippen LogP) is 5.32. The molecule has 0 saturated carbocycles. The first-order valence-electron chi connectivity index (χ1n) is 10.6. The Hall–Kier alpha value is -2.57. The summed E-state index contributed by atoms with van der Waals surface area (Å²) in [6, 6.07) is 18.9. The van der Waals surface area contributed by atoms with Crippen LogP contribution in [0.5, 0.6) is 5.75 Å². The second kappa shape index (κ2) is 11.0. The molecule has 3 aromatic carbocycles. The monoisotopic (exact) mass is 487 g/mol. The number of carboxylic acid groups (broad SMARTS) is 1. The summed E-state index contributed by atoms with van der Waals surface area (Å²) in [5.41, 5.74) is 5.50. The Morgan fingerprint density at radius 1 is 1.12 bits per heavy atom. The third kappa shape index (κ3) is 5.87. The van der Waals surface area contributed by atoms with Gasteiger partial charge in [0.25, 0.3) is 0 Å². The molecule has 0 heterocycles. The number of fused-ring (bicyclic) bond motifs is 1. The highest BCUT2D eigenvalue weighted by molar-refractivity contribution is 6.30. The van der Waals surface area contributed by atoms with E-state index < -0.39 is 12.1 Å². The van der Waals surface area contributed by atoms with Gasteiger partial charge in [-0.1, -0.05) is 41.9 Å². The Kier molecular flexibility index (Phi) is 8.38. The molecule has 1 aliphatic carbocycles. The van der Waals surface area contributed by atoms with Gasteiger partial charge in [-0.25, -0.2) is 4.79 Å². The molecule has 0 radical (unpaired) electrons. The second-order valence-corrected chi connectivity index (χ2v) is 8.56. The Balaban J connectivity index is 0.00000306. The van der Waals surface area contributed by atoms with E-state index in [2.05, 4.69) is 23.5 Å². The van der Waals surface area contributed by atoms with E-state index >= 15 is 0 Å². The van der Waals surface area contributed by atoms with Crippen LogP contribution in [0.4, 0.5) is 0 Å². The number of hydrogen-bond acceptors (Lipinski definition) is 4. The number of rotatable bonds is 7. The highest BCUT2D eigenvalue weighted by Crippen LogP contribution is 2.34. The molecule has 0 fully saturated rings. The molecule has 0 saturated heterocycles. The normalized spacial score (nSPS) is 15.8. The van der Waals surface area contributed by atoms with Gasteiger partial charge in [0.05, 0.1) is 18.8 Å². The first kappa shape index (κ1) is 25.1. The SMILES string of the molecule is COc1cc(C(=O)O)ccc1-c1ccc2c(c1)C[C@@H](NC[C@@H](O)c1ccc(Cl)cc1)CC2.Cl. The minimum Gasteiger partial charge on any atom is -0.496 e. The number of carboxylic acids is 1. The van der Waals surface area contributed by atoms with Crippen LogP contribution < -0.4 is 10.1 Å². The molecule has 5 nitrogen and oxygen atoms in total. The van der Waals surface area contributed by atoms with E-state index in [9.17, 15) is 15.0 Å². The summed E-state index contributed by atoms with van der Waals surface area (Å²) < 4.78 is 5.46. The van der Waals surface area contributed by atoms with E-state index in [-0.39, 0.29) is 24.0 Å². The molecule has 1 aliphatic rings. The molecule has 2 atom stereocenters. The van der Waals surface area contributed by atoms with Gasteiger partial charge < -0.3 is 20.3 Å². The van der Waals surface area contributed by atoms with Crippen molar-refractivity contribution in [3.8, 4) is 16.9 Å². The van der Waals surface area contributed by atoms with Crippen LogP contribution in [0.25, 0.3) is 11.1 Å². The van der Waals surface area contributed by atoms with E-state index in [1.165, 1.54) is 11.1 Å². The predicted molar refractivity (Wildman–Crippen MR) is 133 cm³/mol. The zero-order valence-corrected chi connectivity index (χ0v) is 19.8. The van der Waals surface area contributed by atoms with Gasteiger partial charge in [0.15, 0.2) is 0 Å². The van der Waals surface area contributed by atoms with Gasteiger partial charge in [-0.05, 0) is 71.8 Å². The first-order chi connectivity index (χ1) is 15.4. The van der Waals surface area contributed by atoms with Crippen LogP contribution in [-0.4, -0.2) is 35.9 Å². The Morgan fingerprint density at radius 3 is 2.58 bits per heavy atom. The smallest absolute Gasteiger partial charge is 0.335 e. The third-order valence-electron chi connectivity index (χ3n) is 6.05. The van der Waals surface area contributed by atoms with Gasteiger partial charge in [0.2, 0.25) is 0 Å². The minimum absolute atomic E-state index is 0. The number of halogens is 2. The van der Waals surface area contributed by atoms with E-state index in [4.69, 9.17) is 16.3 Å². The average Bonchev–Trinajstić information content (AvgIpc) is 2.82. The summed E-state index contributed by atoms with van der Waals surface area (Å²) >= 11 is 5.93. The van der Waals surface area contributed by atoms with Crippen molar-refractivity contribution in [2.75, 3.05) is 13.7 Å². The molecule has 4 rings (SSSR count). The second-order valence-electron chi connectivity index (χ2n) is 8.12. The molecule has 0 aromatic heterocycles. The Bertz CT molecular complexity index is 1120. The maximum Gasteiger partial charge on any atom is 0.335 e. The van der Waals surface area contributed by atoms with E-state index in [1.807, 2.05) is 12.1 Å². The van der Waals surface area contributed by atoms with Crippen LogP contribution >= 0.6 is 24.0 Å². The average molecular weight is 488 g/mol. The van der Waals surface area contributed by atoms with Crippen molar-refractivity contribution in [2.24, 2.45) is 0 Å². The van der Waals surface area contributed by atoms with Gasteiger partial charge in [0.1, 0.15) is 5.75 Å². The van der Waals surface area contributed by atoms with Crippen molar-refractivity contribution in [3.63, 3.8) is 0 Å². The van der Waals surface area contributed by atoms with Crippen LogP contribution in [-0.2, 0) is 12.8 Å². The van der Waals surface area contributed by atoms with Crippen LogP contribution in [0.15, 0.2) is 60.7 Å². The summed E-state index contributed by atoms with van der Waals surface area (Å²) in [6.45, 7) is 0.478. The van der Waals surface area contributed by atoms with Crippen molar-refractivity contribution in [1.29, 1.82) is 0 Å². The van der Waals surface area contributed by atoms with Gasteiger partial charge >= 0.3 is 5.97 Å².